The van der Waals surface area contributed by atoms with Crippen LogP contribution >= 0.6 is 23.4 Å². The molecular formula is C17H19ClN2O2S. The van der Waals surface area contributed by atoms with Gasteiger partial charge in [-0.05, 0) is 44.5 Å². The summed E-state index contributed by atoms with van der Waals surface area (Å²) in [7, 11) is 0. The maximum atomic E-state index is 11.2. The van der Waals surface area contributed by atoms with Gasteiger partial charge in [0.2, 0.25) is 0 Å². The number of nitrogens with zero attached hydrogens (tertiary/aromatic N) is 1. The number of carboxylic acid groups (broad SMARTS) is 1. The smallest absolute Gasteiger partial charge is 0.318 e. The molecule has 0 aliphatic carbocycles. The van der Waals surface area contributed by atoms with E-state index in [1.54, 1.807) is 0 Å². The molecule has 122 valence electrons. The molecular weight excluding hydrogens is 332 g/mol. The molecule has 2 atom stereocenters. The van der Waals surface area contributed by atoms with Crippen molar-refractivity contribution in [3.63, 3.8) is 0 Å². The highest BCUT2D eigenvalue weighted by atomic mass is 35.5. The zero-order chi connectivity index (χ0) is 16.7. The number of carbonyl (C=O) groups is 1. The van der Waals surface area contributed by atoms with Gasteiger partial charge in [-0.1, -0.05) is 17.7 Å². The molecule has 1 aromatic carbocycles. The number of benzene rings is 1. The third-order valence-corrected chi connectivity index (χ3v) is 6.10. The number of halogens is 1. The molecule has 0 spiro atoms. The van der Waals surface area contributed by atoms with Gasteiger partial charge in [0.1, 0.15) is 5.25 Å². The van der Waals surface area contributed by atoms with Gasteiger partial charge in [0.05, 0.1) is 5.37 Å². The summed E-state index contributed by atoms with van der Waals surface area (Å²) in [6.45, 7) is 6.63. The number of hydrogen-bond acceptors (Lipinski definition) is 3. The normalized spacial score (nSPS) is 20.9. The molecule has 23 heavy (non-hydrogen) atoms. The Hall–Kier alpha value is -1.43. The quantitative estimate of drug-likeness (QED) is 0.883. The van der Waals surface area contributed by atoms with Crippen LogP contribution in [-0.2, 0) is 4.79 Å². The maximum Gasteiger partial charge on any atom is 0.318 e. The van der Waals surface area contributed by atoms with E-state index in [1.807, 2.05) is 19.1 Å². The summed E-state index contributed by atoms with van der Waals surface area (Å²) in [4.78, 5) is 11.2. The first-order valence-electron chi connectivity index (χ1n) is 7.46. The summed E-state index contributed by atoms with van der Waals surface area (Å²) in [6, 6.07) is 8.03. The van der Waals surface area contributed by atoms with E-state index >= 15 is 0 Å². The lowest BCUT2D eigenvalue weighted by Gasteiger charge is -2.15. The van der Waals surface area contributed by atoms with E-state index in [9.17, 15) is 9.90 Å². The van der Waals surface area contributed by atoms with Crippen LogP contribution in [0.1, 0.15) is 27.9 Å². The Kier molecular flexibility index (Phi) is 4.45. The molecule has 1 fully saturated rings. The first kappa shape index (κ1) is 16.4. The Bertz CT molecular complexity index is 772. The van der Waals surface area contributed by atoms with Gasteiger partial charge in [-0.15, -0.1) is 11.8 Å². The second kappa shape index (κ2) is 6.23. The molecule has 1 saturated heterocycles. The Morgan fingerprint density at radius 3 is 2.78 bits per heavy atom. The molecule has 0 bridgehead atoms. The monoisotopic (exact) mass is 350 g/mol. The standard InChI is InChI=1S/C17H19ClN2O2S/c1-9-7-12(16-19-8-15(23-16)17(21)22)11(3)20(9)14-6-4-5-13(18)10(14)2/h4-7,15-16,19H,8H2,1-3H3,(H,21,22)/t15-,16+/m1/s1. The molecule has 0 saturated carbocycles. The lowest BCUT2D eigenvalue weighted by molar-refractivity contribution is -0.136. The Balaban J connectivity index is 2.01. The van der Waals surface area contributed by atoms with E-state index in [-0.39, 0.29) is 5.37 Å². The topological polar surface area (TPSA) is 54.3 Å². The molecule has 6 heteroatoms. The number of aromatic nitrogens is 1. The van der Waals surface area contributed by atoms with Crippen molar-refractivity contribution >= 4 is 29.3 Å². The van der Waals surface area contributed by atoms with E-state index in [2.05, 4.69) is 35.9 Å². The van der Waals surface area contributed by atoms with Crippen molar-refractivity contribution in [1.82, 2.24) is 9.88 Å². The van der Waals surface area contributed by atoms with Crippen LogP contribution in [0.3, 0.4) is 0 Å². The molecule has 4 nitrogen and oxygen atoms in total. The first-order chi connectivity index (χ1) is 10.9. The SMILES string of the molecule is Cc1c(Cl)cccc1-n1c(C)cc([C@H]2NC[C@H](C(=O)O)S2)c1C. The van der Waals surface area contributed by atoms with E-state index in [4.69, 9.17) is 11.6 Å². The number of aryl methyl sites for hydroxylation is 1. The van der Waals surface area contributed by atoms with E-state index in [0.717, 1.165) is 33.2 Å². The molecule has 1 aliphatic heterocycles. The highest BCUT2D eigenvalue weighted by Crippen LogP contribution is 2.39. The second-order valence-corrected chi connectivity index (χ2v) is 7.52. The number of rotatable bonds is 3. The maximum absolute atomic E-state index is 11.2. The third kappa shape index (κ3) is 2.89. The zero-order valence-corrected chi connectivity index (χ0v) is 14.8. The van der Waals surface area contributed by atoms with Gasteiger partial charge in [0.25, 0.3) is 0 Å². The minimum absolute atomic E-state index is 0.00976. The van der Waals surface area contributed by atoms with Gasteiger partial charge in [-0.25, -0.2) is 0 Å². The molecule has 2 N–H and O–H groups in total. The second-order valence-electron chi connectivity index (χ2n) is 5.80. The van der Waals surface area contributed by atoms with Crippen molar-refractivity contribution in [3.05, 3.63) is 51.8 Å². The summed E-state index contributed by atoms with van der Waals surface area (Å²) in [5.41, 5.74) is 5.47. The minimum Gasteiger partial charge on any atom is -0.480 e. The average molecular weight is 351 g/mol. The first-order valence-corrected chi connectivity index (χ1v) is 8.78. The van der Waals surface area contributed by atoms with Gasteiger partial charge in [0, 0.05) is 34.2 Å². The van der Waals surface area contributed by atoms with E-state index in [1.165, 1.54) is 11.8 Å². The Morgan fingerprint density at radius 2 is 2.13 bits per heavy atom. The van der Waals surface area contributed by atoms with E-state index in [0.29, 0.717) is 6.54 Å². The summed E-state index contributed by atoms with van der Waals surface area (Å²) in [5, 5.41) is 12.8. The molecule has 2 aromatic rings. The van der Waals surface area contributed by atoms with Gasteiger partial charge in [-0.3, -0.25) is 10.1 Å². The predicted octanol–water partition coefficient (Wildman–Crippen LogP) is 3.84. The summed E-state index contributed by atoms with van der Waals surface area (Å²) < 4.78 is 2.19. The number of hydrogen-bond donors (Lipinski definition) is 2. The Labute approximate surface area is 144 Å². The number of nitrogens with one attached hydrogen (secondary N) is 1. The molecule has 0 unspecified atom stereocenters. The summed E-state index contributed by atoms with van der Waals surface area (Å²) in [6.07, 6.45) is 0. The summed E-state index contributed by atoms with van der Waals surface area (Å²) >= 11 is 7.72. The van der Waals surface area contributed by atoms with Crippen molar-refractivity contribution in [2.75, 3.05) is 6.54 Å². The van der Waals surface area contributed by atoms with Crippen LogP contribution in [0.15, 0.2) is 24.3 Å². The molecule has 0 radical (unpaired) electrons. The average Bonchev–Trinajstić information content (AvgIpc) is 3.08. The van der Waals surface area contributed by atoms with Crippen LogP contribution in [0.5, 0.6) is 0 Å². The van der Waals surface area contributed by atoms with Gasteiger partial charge >= 0.3 is 5.97 Å². The van der Waals surface area contributed by atoms with Crippen molar-refractivity contribution in [1.29, 1.82) is 0 Å². The Morgan fingerprint density at radius 1 is 1.39 bits per heavy atom. The van der Waals surface area contributed by atoms with Gasteiger partial charge in [0.15, 0.2) is 0 Å². The number of carboxylic acids is 1. The lowest BCUT2D eigenvalue weighted by atomic mass is 10.2. The molecule has 3 rings (SSSR count). The van der Waals surface area contributed by atoms with Crippen LogP contribution in [0.2, 0.25) is 5.02 Å². The fourth-order valence-electron chi connectivity index (χ4n) is 3.07. The van der Waals surface area contributed by atoms with Crippen LogP contribution in [0.4, 0.5) is 0 Å². The third-order valence-electron chi connectivity index (χ3n) is 4.30. The highest BCUT2D eigenvalue weighted by Gasteiger charge is 2.32. The molecule has 0 amide bonds. The number of thioether (sulfide) groups is 1. The predicted molar refractivity (Wildman–Crippen MR) is 94.7 cm³/mol. The largest absolute Gasteiger partial charge is 0.480 e. The van der Waals surface area contributed by atoms with Crippen molar-refractivity contribution in [2.24, 2.45) is 0 Å². The fourth-order valence-corrected chi connectivity index (χ4v) is 4.45. The molecule has 1 aliphatic rings. The number of aliphatic carboxylic acids is 1. The zero-order valence-electron chi connectivity index (χ0n) is 13.3. The van der Waals surface area contributed by atoms with Crippen LogP contribution in [0, 0.1) is 20.8 Å². The van der Waals surface area contributed by atoms with Crippen LogP contribution in [0.25, 0.3) is 5.69 Å². The van der Waals surface area contributed by atoms with Crippen molar-refractivity contribution < 1.29 is 9.90 Å². The van der Waals surface area contributed by atoms with Crippen molar-refractivity contribution in [3.8, 4) is 5.69 Å². The van der Waals surface area contributed by atoms with Gasteiger partial charge < -0.3 is 9.67 Å². The molecule has 1 aromatic heterocycles. The highest BCUT2D eigenvalue weighted by molar-refractivity contribution is 8.01. The van der Waals surface area contributed by atoms with Crippen LogP contribution < -0.4 is 5.32 Å². The van der Waals surface area contributed by atoms with Gasteiger partial charge in [-0.2, -0.15) is 0 Å². The summed E-state index contributed by atoms with van der Waals surface area (Å²) in [5.74, 6) is -0.760. The van der Waals surface area contributed by atoms with Crippen molar-refractivity contribution in [2.45, 2.75) is 31.4 Å². The van der Waals surface area contributed by atoms with E-state index < -0.39 is 11.2 Å². The lowest BCUT2D eigenvalue weighted by Crippen LogP contribution is -2.21. The molecule has 2 heterocycles. The minimum atomic E-state index is -0.760. The fraction of sp³-hybridized carbons (Fsp3) is 0.353. The van der Waals surface area contributed by atoms with Crippen LogP contribution in [-0.4, -0.2) is 27.4 Å².